The summed E-state index contributed by atoms with van der Waals surface area (Å²) in [6.45, 7) is 5.07. The summed E-state index contributed by atoms with van der Waals surface area (Å²) in [6, 6.07) is 5.99. The van der Waals surface area contributed by atoms with E-state index in [-0.39, 0.29) is 4.90 Å². The molecule has 1 aromatic rings. The molecule has 4 nitrogen and oxygen atoms in total. The topological polar surface area (TPSA) is 66.4 Å². The molecule has 0 amide bonds. The van der Waals surface area contributed by atoms with Gasteiger partial charge in [-0.15, -0.1) is 6.42 Å². The van der Waals surface area contributed by atoms with Crippen LogP contribution < -0.4 is 4.72 Å². The molecule has 0 aliphatic rings. The van der Waals surface area contributed by atoms with Crippen molar-refractivity contribution in [3.05, 3.63) is 29.8 Å². The first-order valence-corrected chi connectivity index (χ1v) is 7.49. The fraction of sp³-hybridized carbons (Fsp3) is 0.429. The maximum Gasteiger partial charge on any atom is 0.240 e. The Morgan fingerprint density at radius 1 is 1.26 bits per heavy atom. The lowest BCUT2D eigenvalue weighted by Gasteiger charge is -2.22. The van der Waals surface area contributed by atoms with Crippen LogP contribution in [-0.4, -0.2) is 25.7 Å². The molecule has 0 saturated carbocycles. The summed E-state index contributed by atoms with van der Waals surface area (Å²) in [5.41, 5.74) is 0.984. The second-order valence-corrected chi connectivity index (χ2v) is 6.37. The zero-order valence-corrected chi connectivity index (χ0v) is 12.1. The average Bonchev–Trinajstić information content (AvgIpc) is 2.29. The van der Waals surface area contributed by atoms with Crippen molar-refractivity contribution >= 4 is 10.0 Å². The zero-order valence-electron chi connectivity index (χ0n) is 11.3. The van der Waals surface area contributed by atoms with Crippen LogP contribution in [0.5, 0.6) is 0 Å². The number of benzene rings is 1. The highest BCUT2D eigenvalue weighted by molar-refractivity contribution is 7.89. The molecule has 3 atom stereocenters. The van der Waals surface area contributed by atoms with Gasteiger partial charge in [0.05, 0.1) is 16.9 Å². The van der Waals surface area contributed by atoms with Crippen LogP contribution in [0.1, 0.15) is 19.4 Å². The predicted octanol–water partition coefficient (Wildman–Crippen LogP) is 1.29. The maximum absolute atomic E-state index is 12.1. The van der Waals surface area contributed by atoms with Gasteiger partial charge in [-0.3, -0.25) is 0 Å². The van der Waals surface area contributed by atoms with Gasteiger partial charge >= 0.3 is 0 Å². The van der Waals surface area contributed by atoms with Gasteiger partial charge in [-0.1, -0.05) is 23.6 Å². The molecule has 0 unspecified atom stereocenters. The van der Waals surface area contributed by atoms with Gasteiger partial charge in [-0.25, -0.2) is 13.1 Å². The number of aliphatic hydroxyl groups excluding tert-OH is 1. The van der Waals surface area contributed by atoms with E-state index in [4.69, 9.17) is 6.42 Å². The number of aliphatic hydroxyl groups is 1. The van der Waals surface area contributed by atoms with Crippen LogP contribution in [-0.2, 0) is 10.0 Å². The fourth-order valence-electron chi connectivity index (χ4n) is 1.80. The Kier molecular flexibility index (Phi) is 5.12. The summed E-state index contributed by atoms with van der Waals surface area (Å²) in [5.74, 6) is 1.84. The highest BCUT2D eigenvalue weighted by Crippen LogP contribution is 2.14. The lowest BCUT2D eigenvalue weighted by molar-refractivity contribution is 0.139. The van der Waals surface area contributed by atoms with Crippen molar-refractivity contribution in [1.29, 1.82) is 0 Å². The van der Waals surface area contributed by atoms with Gasteiger partial charge in [-0.2, -0.15) is 0 Å². The number of hydrogen-bond acceptors (Lipinski definition) is 3. The van der Waals surface area contributed by atoms with Gasteiger partial charge in [0, 0.05) is 6.04 Å². The monoisotopic (exact) mass is 281 g/mol. The van der Waals surface area contributed by atoms with Gasteiger partial charge < -0.3 is 5.11 Å². The fourth-order valence-corrected chi connectivity index (χ4v) is 3.07. The molecule has 0 aliphatic heterocycles. The number of terminal acetylenes is 1. The van der Waals surface area contributed by atoms with Crippen molar-refractivity contribution in [2.45, 2.75) is 37.8 Å². The van der Waals surface area contributed by atoms with E-state index in [2.05, 4.69) is 10.6 Å². The molecule has 0 aromatic heterocycles. The van der Waals surface area contributed by atoms with E-state index in [0.29, 0.717) is 0 Å². The Balaban J connectivity index is 2.92. The third-order valence-electron chi connectivity index (χ3n) is 2.92. The summed E-state index contributed by atoms with van der Waals surface area (Å²) in [4.78, 5) is 0.186. The zero-order chi connectivity index (χ0) is 14.6. The third-order valence-corrected chi connectivity index (χ3v) is 4.50. The standard InChI is InChI=1S/C14H19NO3S/c1-5-14(12(4)16)11(3)15-19(17,18)13-8-6-10(2)7-9-13/h1,6-9,11-12,14-16H,2-4H3/t11-,12+,14-/m0/s1. The van der Waals surface area contributed by atoms with Crippen molar-refractivity contribution in [2.24, 2.45) is 5.92 Å². The molecule has 104 valence electrons. The normalized spacial score (nSPS) is 16.4. The van der Waals surface area contributed by atoms with E-state index in [1.807, 2.05) is 6.92 Å². The van der Waals surface area contributed by atoms with Crippen molar-refractivity contribution < 1.29 is 13.5 Å². The van der Waals surface area contributed by atoms with E-state index >= 15 is 0 Å². The van der Waals surface area contributed by atoms with E-state index in [1.165, 1.54) is 12.1 Å². The second-order valence-electron chi connectivity index (χ2n) is 4.66. The molecule has 5 heteroatoms. The predicted molar refractivity (Wildman–Crippen MR) is 75.0 cm³/mol. The summed E-state index contributed by atoms with van der Waals surface area (Å²) < 4.78 is 26.8. The molecule has 19 heavy (non-hydrogen) atoms. The Hall–Kier alpha value is -1.35. The molecular formula is C14H19NO3S. The van der Waals surface area contributed by atoms with Gasteiger partial charge in [0.1, 0.15) is 0 Å². The maximum atomic E-state index is 12.1. The minimum atomic E-state index is -3.62. The van der Waals surface area contributed by atoms with Crippen LogP contribution in [0.3, 0.4) is 0 Å². The number of hydrogen-bond donors (Lipinski definition) is 2. The van der Waals surface area contributed by atoms with Crippen molar-refractivity contribution in [3.8, 4) is 12.3 Å². The quantitative estimate of drug-likeness (QED) is 0.799. The smallest absolute Gasteiger partial charge is 0.240 e. The van der Waals surface area contributed by atoms with E-state index in [9.17, 15) is 13.5 Å². The lowest BCUT2D eigenvalue weighted by atomic mass is 9.98. The molecule has 1 aromatic carbocycles. The van der Waals surface area contributed by atoms with Crippen LogP contribution in [0.2, 0.25) is 0 Å². The molecule has 2 N–H and O–H groups in total. The third kappa shape index (κ3) is 4.06. The lowest BCUT2D eigenvalue weighted by Crippen LogP contribution is -2.41. The largest absolute Gasteiger partial charge is 0.392 e. The first-order valence-electron chi connectivity index (χ1n) is 6.01. The Labute approximate surface area is 114 Å². The molecule has 0 radical (unpaired) electrons. The van der Waals surface area contributed by atoms with Crippen LogP contribution >= 0.6 is 0 Å². The first kappa shape index (κ1) is 15.7. The minimum absolute atomic E-state index is 0.186. The first-order chi connectivity index (χ1) is 8.77. The van der Waals surface area contributed by atoms with Crippen molar-refractivity contribution in [1.82, 2.24) is 4.72 Å². The minimum Gasteiger partial charge on any atom is -0.392 e. The molecule has 0 aliphatic carbocycles. The number of sulfonamides is 1. The Morgan fingerprint density at radius 2 is 1.79 bits per heavy atom. The van der Waals surface area contributed by atoms with Gasteiger partial charge in [0.15, 0.2) is 0 Å². The van der Waals surface area contributed by atoms with E-state index in [1.54, 1.807) is 26.0 Å². The van der Waals surface area contributed by atoms with E-state index < -0.39 is 28.1 Å². The van der Waals surface area contributed by atoms with Crippen molar-refractivity contribution in [2.75, 3.05) is 0 Å². The SMILES string of the molecule is C#C[C@@H]([C@H](C)NS(=O)(=O)c1ccc(C)cc1)[C@@H](C)O. The van der Waals surface area contributed by atoms with E-state index in [0.717, 1.165) is 5.56 Å². The molecule has 1 rings (SSSR count). The number of aryl methyl sites for hydroxylation is 1. The summed E-state index contributed by atoms with van der Waals surface area (Å²) in [5, 5.41) is 9.51. The summed E-state index contributed by atoms with van der Waals surface area (Å²) >= 11 is 0. The van der Waals surface area contributed by atoms with Crippen LogP contribution in [0.4, 0.5) is 0 Å². The molecule has 0 fully saturated rings. The highest BCUT2D eigenvalue weighted by Gasteiger charge is 2.25. The number of rotatable bonds is 5. The van der Waals surface area contributed by atoms with Crippen LogP contribution in [0.25, 0.3) is 0 Å². The summed E-state index contributed by atoms with van der Waals surface area (Å²) in [7, 11) is -3.62. The van der Waals surface area contributed by atoms with Gasteiger partial charge in [0.25, 0.3) is 0 Å². The summed E-state index contributed by atoms with van der Waals surface area (Å²) in [6.07, 6.45) is 4.53. The van der Waals surface area contributed by atoms with Gasteiger partial charge in [-0.05, 0) is 32.9 Å². The molecule has 0 bridgehead atoms. The second kappa shape index (κ2) is 6.20. The number of nitrogens with one attached hydrogen (secondary N) is 1. The van der Waals surface area contributed by atoms with Crippen LogP contribution in [0.15, 0.2) is 29.2 Å². The van der Waals surface area contributed by atoms with Crippen LogP contribution in [0, 0.1) is 25.2 Å². The molecule has 0 heterocycles. The molecular weight excluding hydrogens is 262 g/mol. The van der Waals surface area contributed by atoms with Crippen molar-refractivity contribution in [3.63, 3.8) is 0 Å². The molecule has 0 spiro atoms. The highest BCUT2D eigenvalue weighted by atomic mass is 32.2. The van der Waals surface area contributed by atoms with Gasteiger partial charge in [0.2, 0.25) is 10.0 Å². The Morgan fingerprint density at radius 3 is 2.21 bits per heavy atom. The average molecular weight is 281 g/mol. The Bertz CT molecular complexity index is 555. The molecule has 0 saturated heterocycles.